The predicted molar refractivity (Wildman–Crippen MR) is 67.8 cm³/mol. The number of carbonyl (C=O) groups is 2. The monoisotopic (exact) mass is 240 g/mol. The molecule has 0 aliphatic carbocycles. The second kappa shape index (κ2) is 7.43. The molecule has 1 aliphatic heterocycles. The number of nitrogens with one attached hydrogen (secondary N) is 1. The van der Waals surface area contributed by atoms with Crippen molar-refractivity contribution in [3.05, 3.63) is 0 Å². The van der Waals surface area contributed by atoms with Gasteiger partial charge in [0, 0.05) is 19.9 Å². The molecule has 0 radical (unpaired) electrons. The molecule has 1 amide bonds. The Morgan fingerprint density at radius 3 is 2.47 bits per heavy atom. The van der Waals surface area contributed by atoms with Crippen molar-refractivity contribution >= 4 is 11.7 Å². The first-order valence-electron chi connectivity index (χ1n) is 6.60. The number of amides is 1. The van der Waals surface area contributed by atoms with Crippen molar-refractivity contribution in [1.82, 2.24) is 10.2 Å². The van der Waals surface area contributed by atoms with Crippen LogP contribution in [0.15, 0.2) is 0 Å². The predicted octanol–water partition coefficient (Wildman–Crippen LogP) is 1.20. The summed E-state index contributed by atoms with van der Waals surface area (Å²) < 4.78 is 0. The summed E-state index contributed by atoms with van der Waals surface area (Å²) in [6, 6.07) is 0. The van der Waals surface area contributed by atoms with Crippen molar-refractivity contribution in [3.63, 3.8) is 0 Å². The molecular formula is C13H24N2O2. The van der Waals surface area contributed by atoms with Crippen LogP contribution in [-0.2, 0) is 9.59 Å². The number of rotatable bonds is 6. The van der Waals surface area contributed by atoms with Gasteiger partial charge in [-0.25, -0.2) is 0 Å². The van der Waals surface area contributed by atoms with E-state index in [4.69, 9.17) is 0 Å². The molecule has 1 heterocycles. The van der Waals surface area contributed by atoms with Crippen molar-refractivity contribution in [3.8, 4) is 0 Å². The van der Waals surface area contributed by atoms with Crippen LogP contribution in [0.5, 0.6) is 0 Å². The van der Waals surface area contributed by atoms with Gasteiger partial charge in [0.05, 0.1) is 6.54 Å². The quantitative estimate of drug-likeness (QED) is 0.759. The van der Waals surface area contributed by atoms with E-state index in [1.54, 1.807) is 6.92 Å². The minimum Gasteiger partial charge on any atom is -0.356 e. The van der Waals surface area contributed by atoms with Crippen LogP contribution in [-0.4, -0.2) is 42.8 Å². The van der Waals surface area contributed by atoms with Gasteiger partial charge in [0.1, 0.15) is 5.78 Å². The van der Waals surface area contributed by atoms with Gasteiger partial charge in [-0.05, 0) is 38.3 Å². The number of ketones is 1. The Labute approximate surface area is 104 Å². The van der Waals surface area contributed by atoms with Crippen molar-refractivity contribution in [2.45, 2.75) is 39.5 Å². The molecule has 0 saturated carbocycles. The fourth-order valence-corrected chi connectivity index (χ4v) is 2.24. The molecular weight excluding hydrogens is 216 g/mol. The maximum absolute atomic E-state index is 11.5. The Balaban J connectivity index is 2.17. The van der Waals surface area contributed by atoms with Crippen molar-refractivity contribution in [1.29, 1.82) is 0 Å². The van der Waals surface area contributed by atoms with Crippen LogP contribution in [0.1, 0.15) is 39.5 Å². The van der Waals surface area contributed by atoms with Gasteiger partial charge in [-0.3, -0.25) is 14.5 Å². The zero-order chi connectivity index (χ0) is 12.7. The molecule has 0 bridgehead atoms. The molecule has 0 aromatic rings. The highest BCUT2D eigenvalue weighted by Crippen LogP contribution is 2.16. The average Bonchev–Trinajstić information content (AvgIpc) is 2.28. The number of hydrogen-bond acceptors (Lipinski definition) is 3. The topological polar surface area (TPSA) is 49.4 Å². The summed E-state index contributed by atoms with van der Waals surface area (Å²) in [5.41, 5.74) is 0. The summed E-state index contributed by atoms with van der Waals surface area (Å²) in [5.74, 6) is 0.981. The fraction of sp³-hybridized carbons (Fsp3) is 0.846. The van der Waals surface area contributed by atoms with E-state index in [1.165, 1.54) is 0 Å². The molecule has 0 spiro atoms. The van der Waals surface area contributed by atoms with Gasteiger partial charge < -0.3 is 5.32 Å². The van der Waals surface area contributed by atoms with E-state index in [0.717, 1.165) is 38.9 Å². The summed E-state index contributed by atoms with van der Waals surface area (Å²) >= 11 is 0. The lowest BCUT2D eigenvalue weighted by molar-refractivity contribution is -0.120. The van der Waals surface area contributed by atoms with E-state index in [0.29, 0.717) is 24.7 Å². The van der Waals surface area contributed by atoms with Crippen LogP contribution in [0, 0.1) is 5.92 Å². The summed E-state index contributed by atoms with van der Waals surface area (Å²) in [6.07, 6.45) is 3.81. The van der Waals surface area contributed by atoms with E-state index in [9.17, 15) is 9.59 Å². The normalized spacial score (nSPS) is 18.0. The van der Waals surface area contributed by atoms with Crippen LogP contribution < -0.4 is 5.32 Å². The molecule has 0 aromatic carbocycles. The number of nitrogens with zero attached hydrogens (tertiary/aromatic N) is 1. The minimum atomic E-state index is 0.0468. The van der Waals surface area contributed by atoms with E-state index < -0.39 is 0 Å². The number of carbonyl (C=O) groups excluding carboxylic acids is 2. The fourth-order valence-electron chi connectivity index (χ4n) is 2.24. The lowest BCUT2D eigenvalue weighted by Gasteiger charge is -2.31. The molecule has 1 fully saturated rings. The Kier molecular flexibility index (Phi) is 6.19. The summed E-state index contributed by atoms with van der Waals surface area (Å²) in [6.45, 7) is 6.96. The first-order valence-corrected chi connectivity index (χ1v) is 6.60. The van der Waals surface area contributed by atoms with Gasteiger partial charge in [0.15, 0.2) is 0 Å². The largest absolute Gasteiger partial charge is 0.356 e. The van der Waals surface area contributed by atoms with E-state index in [1.807, 2.05) is 6.92 Å². The molecule has 1 N–H and O–H groups in total. The molecule has 0 unspecified atom stereocenters. The van der Waals surface area contributed by atoms with Gasteiger partial charge in [-0.1, -0.05) is 6.92 Å². The van der Waals surface area contributed by atoms with Crippen molar-refractivity contribution < 1.29 is 9.59 Å². The molecule has 1 aliphatic rings. The van der Waals surface area contributed by atoms with Crippen molar-refractivity contribution in [2.75, 3.05) is 26.2 Å². The first kappa shape index (κ1) is 14.2. The van der Waals surface area contributed by atoms with Crippen molar-refractivity contribution in [2.24, 2.45) is 5.92 Å². The Morgan fingerprint density at radius 2 is 1.94 bits per heavy atom. The molecule has 4 nitrogen and oxygen atoms in total. The maximum Gasteiger partial charge on any atom is 0.216 e. The summed E-state index contributed by atoms with van der Waals surface area (Å²) in [4.78, 5) is 24.5. The number of Topliss-reactive ketones (excluding diaryl/α,β-unsaturated/α-hetero) is 1. The molecule has 1 rings (SSSR count). The molecule has 4 heteroatoms. The standard InChI is InChI=1S/C13H24N2O2/c1-3-4-13(17)10-15-7-5-12(6-8-15)9-14-11(2)16/h12H,3-10H2,1-2H3,(H,14,16). The number of hydrogen-bond donors (Lipinski definition) is 1. The van der Waals surface area contributed by atoms with Crippen LogP contribution in [0.4, 0.5) is 0 Å². The van der Waals surface area contributed by atoms with Crippen LogP contribution in [0.25, 0.3) is 0 Å². The number of likely N-dealkylation sites (tertiary alicyclic amines) is 1. The summed E-state index contributed by atoms with van der Waals surface area (Å²) in [5, 5.41) is 2.87. The van der Waals surface area contributed by atoms with Gasteiger partial charge in [-0.15, -0.1) is 0 Å². The highest BCUT2D eigenvalue weighted by molar-refractivity contribution is 5.80. The first-order chi connectivity index (χ1) is 8.11. The molecule has 0 aromatic heterocycles. The third-order valence-corrected chi connectivity index (χ3v) is 3.28. The number of piperidine rings is 1. The van der Waals surface area contributed by atoms with Crippen LogP contribution in [0.3, 0.4) is 0 Å². The lowest BCUT2D eigenvalue weighted by atomic mass is 9.96. The zero-order valence-corrected chi connectivity index (χ0v) is 11.0. The smallest absolute Gasteiger partial charge is 0.216 e. The van der Waals surface area contributed by atoms with Crippen LogP contribution >= 0.6 is 0 Å². The van der Waals surface area contributed by atoms with E-state index >= 15 is 0 Å². The van der Waals surface area contributed by atoms with Gasteiger partial charge in [0.2, 0.25) is 5.91 Å². The van der Waals surface area contributed by atoms with Gasteiger partial charge >= 0.3 is 0 Å². The maximum atomic E-state index is 11.5. The lowest BCUT2D eigenvalue weighted by Crippen LogP contribution is -2.40. The third kappa shape index (κ3) is 5.82. The minimum absolute atomic E-state index is 0.0468. The van der Waals surface area contributed by atoms with Crippen LogP contribution in [0.2, 0.25) is 0 Å². The second-order valence-corrected chi connectivity index (χ2v) is 4.95. The Morgan fingerprint density at radius 1 is 1.29 bits per heavy atom. The Bertz CT molecular complexity index is 258. The summed E-state index contributed by atoms with van der Waals surface area (Å²) in [7, 11) is 0. The average molecular weight is 240 g/mol. The molecule has 17 heavy (non-hydrogen) atoms. The van der Waals surface area contributed by atoms with E-state index in [2.05, 4.69) is 10.2 Å². The molecule has 0 atom stereocenters. The van der Waals surface area contributed by atoms with Gasteiger partial charge in [0.25, 0.3) is 0 Å². The molecule has 1 saturated heterocycles. The second-order valence-electron chi connectivity index (χ2n) is 4.95. The SMILES string of the molecule is CCCC(=O)CN1CCC(CNC(C)=O)CC1. The van der Waals surface area contributed by atoms with E-state index in [-0.39, 0.29) is 5.91 Å². The molecule has 98 valence electrons. The highest BCUT2D eigenvalue weighted by atomic mass is 16.1. The Hall–Kier alpha value is -0.900. The highest BCUT2D eigenvalue weighted by Gasteiger charge is 2.20. The third-order valence-electron chi connectivity index (χ3n) is 3.28. The van der Waals surface area contributed by atoms with Gasteiger partial charge in [-0.2, -0.15) is 0 Å². The zero-order valence-electron chi connectivity index (χ0n) is 11.0.